The fraction of sp³-hybridized carbons (Fsp3) is 0.100. The lowest BCUT2D eigenvalue weighted by Crippen LogP contribution is -1.78. The van der Waals surface area contributed by atoms with E-state index in [-0.39, 0.29) is 0 Å². The van der Waals surface area contributed by atoms with Gasteiger partial charge in [-0.15, -0.1) is 24.0 Å². The Morgan fingerprint density at radius 1 is 1.23 bits per heavy atom. The molecule has 0 saturated carbocycles. The smallest absolute Gasteiger partial charge is 0.147 e. The third kappa shape index (κ3) is 1.76. The standard InChI is InChI=1S/C10H9NS2/c1-7-9(11-10(12)13-7)8-5-3-2-4-6-8/h2-6H,1H3,(H,11,12). The van der Waals surface area contributed by atoms with E-state index >= 15 is 0 Å². The number of hydrogen-bond donors (Lipinski definition) is 1. The number of thiol groups is 1. The molecule has 2 rings (SSSR count). The minimum Gasteiger partial charge on any atom is -0.230 e. The Morgan fingerprint density at radius 3 is 2.46 bits per heavy atom. The van der Waals surface area contributed by atoms with Gasteiger partial charge in [0.15, 0.2) is 0 Å². The summed E-state index contributed by atoms with van der Waals surface area (Å²) in [5.41, 5.74) is 2.21. The Morgan fingerprint density at radius 2 is 1.92 bits per heavy atom. The van der Waals surface area contributed by atoms with Crippen molar-refractivity contribution < 1.29 is 0 Å². The molecule has 1 heterocycles. The summed E-state index contributed by atoms with van der Waals surface area (Å²) in [4.78, 5) is 5.58. The SMILES string of the molecule is Cc1sc(S)nc1-c1ccccc1. The van der Waals surface area contributed by atoms with Crippen molar-refractivity contribution in [1.29, 1.82) is 0 Å². The minimum atomic E-state index is 0.830. The molecule has 3 heteroatoms. The molecule has 0 bridgehead atoms. The number of aryl methyl sites for hydroxylation is 1. The Hall–Kier alpha value is -0.800. The normalized spacial score (nSPS) is 10.3. The molecule has 0 saturated heterocycles. The Bertz CT molecular complexity index is 406. The minimum absolute atomic E-state index is 0.830. The highest BCUT2D eigenvalue weighted by Crippen LogP contribution is 2.28. The Balaban J connectivity index is 2.53. The summed E-state index contributed by atoms with van der Waals surface area (Å²) in [7, 11) is 0. The topological polar surface area (TPSA) is 12.9 Å². The molecule has 1 aromatic heterocycles. The van der Waals surface area contributed by atoms with E-state index < -0.39 is 0 Å². The largest absolute Gasteiger partial charge is 0.230 e. The number of benzene rings is 1. The maximum atomic E-state index is 4.36. The molecule has 0 N–H and O–H groups in total. The van der Waals surface area contributed by atoms with Crippen molar-refractivity contribution in [3.05, 3.63) is 35.2 Å². The number of aromatic nitrogens is 1. The molecule has 0 spiro atoms. The summed E-state index contributed by atoms with van der Waals surface area (Å²) in [5.74, 6) is 0. The highest BCUT2D eigenvalue weighted by atomic mass is 32.2. The van der Waals surface area contributed by atoms with Crippen LogP contribution in [0, 0.1) is 6.92 Å². The van der Waals surface area contributed by atoms with Gasteiger partial charge in [-0.2, -0.15) is 0 Å². The van der Waals surface area contributed by atoms with Crippen LogP contribution < -0.4 is 0 Å². The summed E-state index contributed by atoms with van der Waals surface area (Å²) < 4.78 is 0.830. The van der Waals surface area contributed by atoms with E-state index in [0.717, 1.165) is 15.6 Å². The molecule has 0 radical (unpaired) electrons. The van der Waals surface area contributed by atoms with Gasteiger partial charge in [0.05, 0.1) is 5.69 Å². The fourth-order valence-electron chi connectivity index (χ4n) is 1.25. The van der Waals surface area contributed by atoms with Crippen molar-refractivity contribution in [3.8, 4) is 11.3 Å². The molecular weight excluding hydrogens is 198 g/mol. The van der Waals surface area contributed by atoms with Gasteiger partial charge in [-0.25, -0.2) is 4.98 Å². The number of thiazole rings is 1. The van der Waals surface area contributed by atoms with Crippen LogP contribution in [0.5, 0.6) is 0 Å². The predicted molar refractivity (Wildman–Crippen MR) is 59.5 cm³/mol. The van der Waals surface area contributed by atoms with Crippen LogP contribution in [0.15, 0.2) is 34.7 Å². The first-order chi connectivity index (χ1) is 6.27. The van der Waals surface area contributed by atoms with Gasteiger partial charge < -0.3 is 0 Å². The van der Waals surface area contributed by atoms with Gasteiger partial charge in [-0.3, -0.25) is 0 Å². The number of rotatable bonds is 1. The second kappa shape index (κ2) is 3.52. The number of nitrogens with zero attached hydrogens (tertiary/aromatic N) is 1. The lowest BCUT2D eigenvalue weighted by molar-refractivity contribution is 1.25. The summed E-state index contributed by atoms with van der Waals surface area (Å²) in [5, 5.41) is 0. The molecule has 0 fully saturated rings. The van der Waals surface area contributed by atoms with E-state index in [0.29, 0.717) is 0 Å². The van der Waals surface area contributed by atoms with Gasteiger partial charge >= 0.3 is 0 Å². The molecule has 66 valence electrons. The fourth-order valence-corrected chi connectivity index (χ4v) is 2.43. The highest BCUT2D eigenvalue weighted by Gasteiger charge is 2.06. The van der Waals surface area contributed by atoms with Gasteiger partial charge in [0.2, 0.25) is 0 Å². The quantitative estimate of drug-likeness (QED) is 0.707. The van der Waals surface area contributed by atoms with Gasteiger partial charge in [0.1, 0.15) is 4.34 Å². The van der Waals surface area contributed by atoms with E-state index in [4.69, 9.17) is 0 Å². The molecule has 13 heavy (non-hydrogen) atoms. The molecule has 0 amide bonds. The van der Waals surface area contributed by atoms with Crippen LogP contribution in [-0.2, 0) is 0 Å². The average molecular weight is 207 g/mol. The predicted octanol–water partition coefficient (Wildman–Crippen LogP) is 3.41. The Labute approximate surface area is 86.9 Å². The van der Waals surface area contributed by atoms with Gasteiger partial charge in [0, 0.05) is 10.4 Å². The number of hydrogen-bond acceptors (Lipinski definition) is 3. The van der Waals surface area contributed by atoms with Crippen LogP contribution in [0.3, 0.4) is 0 Å². The van der Waals surface area contributed by atoms with E-state index in [9.17, 15) is 0 Å². The zero-order valence-corrected chi connectivity index (χ0v) is 8.90. The van der Waals surface area contributed by atoms with Crippen LogP contribution in [0.1, 0.15) is 4.88 Å². The maximum absolute atomic E-state index is 4.36. The first kappa shape index (κ1) is 8.78. The molecule has 1 aromatic carbocycles. The van der Waals surface area contributed by atoms with Crippen LogP contribution in [0.2, 0.25) is 0 Å². The van der Waals surface area contributed by atoms with E-state index in [2.05, 4.69) is 36.7 Å². The third-order valence-corrected chi connectivity index (χ3v) is 2.98. The average Bonchev–Trinajstić information content (AvgIpc) is 2.47. The third-order valence-electron chi connectivity index (χ3n) is 1.83. The van der Waals surface area contributed by atoms with Crippen molar-refractivity contribution in [3.63, 3.8) is 0 Å². The maximum Gasteiger partial charge on any atom is 0.147 e. The summed E-state index contributed by atoms with van der Waals surface area (Å²) in [6.45, 7) is 2.07. The first-order valence-corrected chi connectivity index (χ1v) is 5.25. The molecule has 0 aliphatic rings. The lowest BCUT2D eigenvalue weighted by atomic mass is 10.1. The van der Waals surface area contributed by atoms with Crippen molar-refractivity contribution in [2.45, 2.75) is 11.3 Å². The zero-order chi connectivity index (χ0) is 9.26. The van der Waals surface area contributed by atoms with Gasteiger partial charge in [-0.05, 0) is 6.92 Å². The summed E-state index contributed by atoms with van der Waals surface area (Å²) in [6.07, 6.45) is 0. The zero-order valence-electron chi connectivity index (χ0n) is 7.19. The lowest BCUT2D eigenvalue weighted by Gasteiger charge is -1.96. The van der Waals surface area contributed by atoms with Crippen molar-refractivity contribution in [1.82, 2.24) is 4.98 Å². The van der Waals surface area contributed by atoms with Crippen LogP contribution in [0.4, 0.5) is 0 Å². The molecular formula is C10H9NS2. The molecule has 0 atom stereocenters. The van der Waals surface area contributed by atoms with E-state index in [1.165, 1.54) is 4.88 Å². The van der Waals surface area contributed by atoms with Crippen molar-refractivity contribution >= 4 is 24.0 Å². The van der Waals surface area contributed by atoms with Gasteiger partial charge in [0.25, 0.3) is 0 Å². The highest BCUT2D eigenvalue weighted by molar-refractivity contribution is 7.82. The van der Waals surface area contributed by atoms with E-state index in [1.54, 1.807) is 11.3 Å². The van der Waals surface area contributed by atoms with Crippen LogP contribution >= 0.6 is 24.0 Å². The summed E-state index contributed by atoms with van der Waals surface area (Å²) in [6, 6.07) is 10.2. The molecule has 0 unspecified atom stereocenters. The molecule has 0 aliphatic heterocycles. The van der Waals surface area contributed by atoms with Crippen molar-refractivity contribution in [2.24, 2.45) is 0 Å². The molecule has 1 nitrogen and oxygen atoms in total. The summed E-state index contributed by atoms with van der Waals surface area (Å²) >= 11 is 5.85. The molecule has 2 aromatic rings. The second-order valence-corrected chi connectivity index (χ2v) is 4.70. The second-order valence-electron chi connectivity index (χ2n) is 2.77. The van der Waals surface area contributed by atoms with Crippen LogP contribution in [-0.4, -0.2) is 4.98 Å². The van der Waals surface area contributed by atoms with Gasteiger partial charge in [-0.1, -0.05) is 30.3 Å². The van der Waals surface area contributed by atoms with Crippen molar-refractivity contribution in [2.75, 3.05) is 0 Å². The molecule has 0 aliphatic carbocycles. The van der Waals surface area contributed by atoms with Crippen LogP contribution in [0.25, 0.3) is 11.3 Å². The first-order valence-electron chi connectivity index (χ1n) is 3.99. The van der Waals surface area contributed by atoms with E-state index in [1.807, 2.05) is 18.2 Å². The Kier molecular flexibility index (Phi) is 2.38. The monoisotopic (exact) mass is 207 g/mol.